The lowest BCUT2D eigenvalue weighted by Gasteiger charge is -2.28. The Labute approximate surface area is 111 Å². The number of hydrogen-bond acceptors (Lipinski definition) is 3. The Kier molecular flexibility index (Phi) is 4.54. The molecule has 1 fully saturated rings. The summed E-state index contributed by atoms with van der Waals surface area (Å²) in [5, 5.41) is 15.9. The fourth-order valence-electron chi connectivity index (χ4n) is 2.62. The predicted octanol–water partition coefficient (Wildman–Crippen LogP) is 0.890. The number of aliphatic carboxylic acids is 1. The van der Waals surface area contributed by atoms with Gasteiger partial charge in [0, 0.05) is 18.9 Å². The van der Waals surface area contributed by atoms with E-state index in [0.717, 1.165) is 25.7 Å². The maximum atomic E-state index is 11.7. The van der Waals surface area contributed by atoms with Crippen LogP contribution in [-0.2, 0) is 16.1 Å². The van der Waals surface area contributed by atoms with Crippen molar-refractivity contribution in [1.82, 2.24) is 15.1 Å². The van der Waals surface area contributed by atoms with Crippen molar-refractivity contribution in [3.05, 3.63) is 18.5 Å². The minimum absolute atomic E-state index is 0.0489. The minimum atomic E-state index is -0.744. The topological polar surface area (TPSA) is 84.2 Å². The summed E-state index contributed by atoms with van der Waals surface area (Å²) < 4.78 is 1.55. The quantitative estimate of drug-likeness (QED) is 0.828. The molecule has 1 aromatic heterocycles. The lowest BCUT2D eigenvalue weighted by Crippen LogP contribution is -2.38. The Morgan fingerprint density at radius 1 is 1.37 bits per heavy atom. The average Bonchev–Trinajstić information content (AvgIpc) is 2.89. The molecule has 0 aromatic carbocycles. The predicted molar refractivity (Wildman–Crippen MR) is 68.3 cm³/mol. The molecule has 0 spiro atoms. The largest absolute Gasteiger partial charge is 0.481 e. The molecule has 2 N–H and O–H groups in total. The van der Waals surface area contributed by atoms with Gasteiger partial charge in [0.25, 0.3) is 0 Å². The van der Waals surface area contributed by atoms with Gasteiger partial charge in [0.05, 0.1) is 5.92 Å². The van der Waals surface area contributed by atoms with Crippen LogP contribution >= 0.6 is 0 Å². The lowest BCUT2D eigenvalue weighted by atomic mass is 9.79. The van der Waals surface area contributed by atoms with E-state index >= 15 is 0 Å². The molecule has 1 heterocycles. The third-order valence-corrected chi connectivity index (χ3v) is 3.65. The maximum absolute atomic E-state index is 11.7. The van der Waals surface area contributed by atoms with Gasteiger partial charge in [-0.25, -0.2) is 0 Å². The maximum Gasteiger partial charge on any atom is 0.306 e. The van der Waals surface area contributed by atoms with Gasteiger partial charge in [0.2, 0.25) is 5.91 Å². The van der Waals surface area contributed by atoms with E-state index in [1.165, 1.54) is 0 Å². The third kappa shape index (κ3) is 3.81. The smallest absolute Gasteiger partial charge is 0.306 e. The fourth-order valence-corrected chi connectivity index (χ4v) is 2.62. The van der Waals surface area contributed by atoms with Gasteiger partial charge in [-0.3, -0.25) is 14.3 Å². The lowest BCUT2D eigenvalue weighted by molar-refractivity contribution is -0.145. The van der Waals surface area contributed by atoms with Gasteiger partial charge >= 0.3 is 5.97 Å². The number of carboxylic acids is 1. The first-order valence-corrected chi connectivity index (χ1v) is 6.64. The molecule has 2 unspecified atom stereocenters. The van der Waals surface area contributed by atoms with Crippen molar-refractivity contribution < 1.29 is 14.7 Å². The molecule has 0 radical (unpaired) electrons. The Balaban J connectivity index is 1.80. The molecule has 1 amide bonds. The van der Waals surface area contributed by atoms with Crippen molar-refractivity contribution >= 4 is 11.9 Å². The van der Waals surface area contributed by atoms with E-state index in [1.54, 1.807) is 23.1 Å². The van der Waals surface area contributed by atoms with Crippen molar-refractivity contribution in [2.45, 2.75) is 32.2 Å². The number of carbonyl (C=O) groups is 2. The molecule has 1 aromatic rings. The Hall–Kier alpha value is -1.85. The molecule has 2 atom stereocenters. The third-order valence-electron chi connectivity index (χ3n) is 3.65. The fraction of sp³-hybridized carbons (Fsp3) is 0.615. The number of hydrogen-bond donors (Lipinski definition) is 2. The van der Waals surface area contributed by atoms with Gasteiger partial charge < -0.3 is 10.4 Å². The second-order valence-corrected chi connectivity index (χ2v) is 5.00. The summed E-state index contributed by atoms with van der Waals surface area (Å²) >= 11 is 0. The highest BCUT2D eigenvalue weighted by Gasteiger charge is 2.30. The monoisotopic (exact) mass is 265 g/mol. The van der Waals surface area contributed by atoms with Gasteiger partial charge in [-0.1, -0.05) is 12.8 Å². The normalized spacial score (nSPS) is 22.9. The molecule has 1 saturated carbocycles. The highest BCUT2D eigenvalue weighted by atomic mass is 16.4. The van der Waals surface area contributed by atoms with Crippen LogP contribution in [0.25, 0.3) is 0 Å². The molecule has 0 saturated heterocycles. The second kappa shape index (κ2) is 6.36. The number of amides is 1. The van der Waals surface area contributed by atoms with Crippen LogP contribution in [0.4, 0.5) is 0 Å². The SMILES string of the molecule is O=C(Cn1cccn1)NCC1CCCCC1C(=O)O. The molecule has 2 rings (SSSR count). The van der Waals surface area contributed by atoms with Gasteiger partial charge in [-0.2, -0.15) is 5.10 Å². The van der Waals surface area contributed by atoms with E-state index in [2.05, 4.69) is 10.4 Å². The van der Waals surface area contributed by atoms with Crippen LogP contribution in [-0.4, -0.2) is 33.3 Å². The Bertz CT molecular complexity index is 430. The van der Waals surface area contributed by atoms with E-state index in [1.807, 2.05) is 0 Å². The molecule has 1 aliphatic carbocycles. The molecule has 19 heavy (non-hydrogen) atoms. The first-order chi connectivity index (χ1) is 9.16. The zero-order valence-corrected chi connectivity index (χ0v) is 10.8. The van der Waals surface area contributed by atoms with Crippen LogP contribution in [0.15, 0.2) is 18.5 Å². The van der Waals surface area contributed by atoms with Crippen molar-refractivity contribution in [2.75, 3.05) is 6.54 Å². The van der Waals surface area contributed by atoms with Crippen molar-refractivity contribution in [2.24, 2.45) is 11.8 Å². The molecule has 1 aliphatic rings. The summed E-state index contributed by atoms with van der Waals surface area (Å²) in [5.74, 6) is -1.14. The molecule has 6 nitrogen and oxygen atoms in total. The van der Waals surface area contributed by atoms with Crippen molar-refractivity contribution in [3.63, 3.8) is 0 Å². The van der Waals surface area contributed by atoms with E-state index in [-0.39, 0.29) is 24.3 Å². The molecule has 6 heteroatoms. The zero-order chi connectivity index (χ0) is 13.7. The second-order valence-electron chi connectivity index (χ2n) is 5.00. The van der Waals surface area contributed by atoms with Crippen molar-refractivity contribution in [1.29, 1.82) is 0 Å². The molecular weight excluding hydrogens is 246 g/mol. The molecule has 0 aliphatic heterocycles. The van der Waals surface area contributed by atoms with Crippen LogP contribution in [0.5, 0.6) is 0 Å². The van der Waals surface area contributed by atoms with Gasteiger partial charge in [0.1, 0.15) is 6.54 Å². The van der Waals surface area contributed by atoms with Crippen LogP contribution in [0.2, 0.25) is 0 Å². The summed E-state index contributed by atoms with van der Waals surface area (Å²) in [4.78, 5) is 22.8. The number of nitrogens with one attached hydrogen (secondary N) is 1. The highest BCUT2D eigenvalue weighted by Crippen LogP contribution is 2.29. The Morgan fingerprint density at radius 2 is 2.16 bits per heavy atom. The van der Waals surface area contributed by atoms with E-state index in [0.29, 0.717) is 6.54 Å². The van der Waals surface area contributed by atoms with E-state index in [4.69, 9.17) is 5.11 Å². The highest BCUT2D eigenvalue weighted by molar-refractivity contribution is 5.75. The van der Waals surface area contributed by atoms with Crippen LogP contribution in [0.1, 0.15) is 25.7 Å². The summed E-state index contributed by atoms with van der Waals surface area (Å²) in [5.41, 5.74) is 0. The summed E-state index contributed by atoms with van der Waals surface area (Å²) in [6, 6.07) is 1.76. The first-order valence-electron chi connectivity index (χ1n) is 6.64. The minimum Gasteiger partial charge on any atom is -0.481 e. The zero-order valence-electron chi connectivity index (χ0n) is 10.8. The van der Waals surface area contributed by atoms with Crippen LogP contribution < -0.4 is 5.32 Å². The van der Waals surface area contributed by atoms with Gasteiger partial charge in [-0.05, 0) is 24.8 Å². The van der Waals surface area contributed by atoms with Gasteiger partial charge in [0.15, 0.2) is 0 Å². The van der Waals surface area contributed by atoms with Gasteiger partial charge in [-0.15, -0.1) is 0 Å². The summed E-state index contributed by atoms with van der Waals surface area (Å²) in [6.45, 7) is 0.620. The molecule has 0 bridgehead atoms. The van der Waals surface area contributed by atoms with Crippen molar-refractivity contribution in [3.8, 4) is 0 Å². The molecule has 104 valence electrons. The summed E-state index contributed by atoms with van der Waals surface area (Å²) in [7, 11) is 0. The van der Waals surface area contributed by atoms with E-state index in [9.17, 15) is 9.59 Å². The summed E-state index contributed by atoms with van der Waals surface area (Å²) in [6.07, 6.45) is 6.95. The number of aromatic nitrogens is 2. The standard InChI is InChI=1S/C13H19N3O3/c17-12(9-16-7-3-6-15-16)14-8-10-4-1-2-5-11(10)13(18)19/h3,6-7,10-11H,1-2,4-5,8-9H2,(H,14,17)(H,18,19). The number of carbonyl (C=O) groups excluding carboxylic acids is 1. The number of rotatable bonds is 5. The average molecular weight is 265 g/mol. The van der Waals surface area contributed by atoms with Crippen LogP contribution in [0.3, 0.4) is 0 Å². The first kappa shape index (κ1) is 13.6. The number of nitrogens with zero attached hydrogens (tertiary/aromatic N) is 2. The van der Waals surface area contributed by atoms with Crippen LogP contribution in [0, 0.1) is 11.8 Å². The Morgan fingerprint density at radius 3 is 2.84 bits per heavy atom. The number of carboxylic acid groups (broad SMARTS) is 1. The van der Waals surface area contributed by atoms with E-state index < -0.39 is 5.97 Å². The molecular formula is C13H19N3O3.